The molecule has 1 aliphatic carbocycles. The number of hydrogen-bond acceptors (Lipinski definition) is 6. The number of nitrogens with zero attached hydrogens (tertiary/aromatic N) is 5. The maximum Gasteiger partial charge on any atom is 0.332 e. The number of imidazole rings is 1. The van der Waals surface area contributed by atoms with Crippen molar-refractivity contribution in [2.24, 2.45) is 20.0 Å². The minimum absolute atomic E-state index is 0.0419. The van der Waals surface area contributed by atoms with Crippen LogP contribution in [-0.4, -0.2) is 39.7 Å². The fraction of sp³-hybridized carbons (Fsp3) is 0.240. The van der Waals surface area contributed by atoms with Gasteiger partial charge in [0.1, 0.15) is 0 Å². The first-order valence-corrected chi connectivity index (χ1v) is 12.0. The second-order valence-electron chi connectivity index (χ2n) is 9.28. The fourth-order valence-electron chi connectivity index (χ4n) is 4.78. The summed E-state index contributed by atoms with van der Waals surface area (Å²) in [5, 5.41) is 13.8. The predicted molar refractivity (Wildman–Crippen MR) is 139 cm³/mol. The molecular formula is C25H22ClN7O4. The van der Waals surface area contributed by atoms with Gasteiger partial charge in [-0.2, -0.15) is 4.98 Å². The van der Waals surface area contributed by atoms with Crippen molar-refractivity contribution in [2.75, 3.05) is 5.32 Å². The molecule has 12 heteroatoms. The predicted octanol–water partition coefficient (Wildman–Crippen LogP) is 2.94. The molecule has 0 radical (unpaired) electrons. The molecule has 5 aromatic rings. The highest BCUT2D eigenvalue weighted by Crippen LogP contribution is 2.47. The quantitative estimate of drug-likeness (QED) is 0.313. The van der Waals surface area contributed by atoms with Crippen molar-refractivity contribution in [3.05, 3.63) is 79.8 Å². The number of pyridine rings is 1. The molecule has 0 saturated heterocycles. The highest BCUT2D eigenvalue weighted by atomic mass is 35.5. The first kappa shape index (κ1) is 23.0. The third kappa shape index (κ3) is 3.78. The lowest BCUT2D eigenvalue weighted by atomic mass is 10.2. The largest absolute Gasteiger partial charge is 0.481 e. The Kier molecular flexibility index (Phi) is 5.19. The summed E-state index contributed by atoms with van der Waals surface area (Å²) in [5.41, 5.74) is 2.38. The lowest BCUT2D eigenvalue weighted by molar-refractivity contribution is -0.138. The zero-order valence-electron chi connectivity index (χ0n) is 19.9. The zero-order chi connectivity index (χ0) is 26.0. The van der Waals surface area contributed by atoms with E-state index in [-0.39, 0.29) is 23.6 Å². The Morgan fingerprint density at radius 2 is 2.03 bits per heavy atom. The van der Waals surface area contributed by atoms with Crippen LogP contribution in [0.5, 0.6) is 0 Å². The monoisotopic (exact) mass is 519 g/mol. The van der Waals surface area contributed by atoms with E-state index in [0.29, 0.717) is 34.5 Å². The average molecular weight is 520 g/mol. The van der Waals surface area contributed by atoms with Gasteiger partial charge < -0.3 is 20.0 Å². The van der Waals surface area contributed by atoms with Crippen LogP contribution in [0, 0.1) is 5.92 Å². The van der Waals surface area contributed by atoms with Crippen molar-refractivity contribution in [3.63, 3.8) is 0 Å². The third-order valence-corrected chi connectivity index (χ3v) is 7.21. The summed E-state index contributed by atoms with van der Waals surface area (Å²) in [6.45, 7) is 0.0419. The maximum absolute atomic E-state index is 13.5. The molecule has 11 nitrogen and oxygen atoms in total. The number of aliphatic carboxylic acids is 1. The number of carboxylic acids is 1. The molecule has 1 saturated carbocycles. The standard InChI is InChI=1S/C25H22ClN7O4/c1-31-20-21(30-24(31)29-12-6-7-27-19(9-12)14-10-15(14)23(35)36)32(2)25(37)33(22(20)34)11-13-8-16-17(26)4-3-5-18(16)28-13/h3-9,14-15,28H,10-11H2,1-2H3,(H,35,36)(H,27,29,30). The molecule has 2 unspecified atom stereocenters. The summed E-state index contributed by atoms with van der Waals surface area (Å²) in [4.78, 5) is 49.9. The van der Waals surface area contributed by atoms with Crippen LogP contribution in [0.3, 0.4) is 0 Å². The molecule has 188 valence electrons. The van der Waals surface area contributed by atoms with Crippen LogP contribution >= 0.6 is 11.6 Å². The Balaban J connectivity index is 1.37. The molecule has 0 aliphatic heterocycles. The second kappa shape index (κ2) is 8.34. The van der Waals surface area contributed by atoms with Crippen molar-refractivity contribution in [3.8, 4) is 0 Å². The van der Waals surface area contributed by atoms with E-state index in [2.05, 4.69) is 20.3 Å². The second-order valence-corrected chi connectivity index (χ2v) is 9.68. The van der Waals surface area contributed by atoms with E-state index in [1.54, 1.807) is 43.1 Å². The van der Waals surface area contributed by atoms with Crippen LogP contribution in [0.4, 0.5) is 11.6 Å². The van der Waals surface area contributed by atoms with Gasteiger partial charge in [0.2, 0.25) is 5.95 Å². The number of H-pyrrole nitrogens is 1. The number of benzene rings is 1. The van der Waals surface area contributed by atoms with Crippen molar-refractivity contribution < 1.29 is 9.90 Å². The van der Waals surface area contributed by atoms with E-state index in [1.165, 1.54) is 4.57 Å². The Hall–Kier alpha value is -4.38. The van der Waals surface area contributed by atoms with Gasteiger partial charge >= 0.3 is 11.7 Å². The molecule has 4 heterocycles. The number of aromatic nitrogens is 6. The van der Waals surface area contributed by atoms with E-state index in [1.807, 2.05) is 18.2 Å². The molecule has 1 fully saturated rings. The number of aryl methyl sites for hydroxylation is 2. The van der Waals surface area contributed by atoms with Crippen molar-refractivity contribution in [1.82, 2.24) is 28.7 Å². The lowest BCUT2D eigenvalue weighted by Gasteiger charge is -2.08. The minimum atomic E-state index is -0.826. The van der Waals surface area contributed by atoms with Crippen LogP contribution in [0.1, 0.15) is 23.7 Å². The summed E-state index contributed by atoms with van der Waals surface area (Å²) < 4.78 is 4.11. The van der Waals surface area contributed by atoms with Gasteiger partial charge in [-0.15, -0.1) is 0 Å². The third-order valence-electron chi connectivity index (χ3n) is 6.88. The van der Waals surface area contributed by atoms with E-state index < -0.39 is 23.1 Å². The smallest absolute Gasteiger partial charge is 0.332 e. The molecule has 3 N–H and O–H groups in total. The van der Waals surface area contributed by atoms with Crippen LogP contribution < -0.4 is 16.6 Å². The van der Waals surface area contributed by atoms with Crippen LogP contribution in [0.25, 0.3) is 22.1 Å². The number of nitrogens with one attached hydrogen (secondary N) is 2. The Bertz CT molecular complexity index is 1850. The lowest BCUT2D eigenvalue weighted by Crippen LogP contribution is -2.39. The molecule has 0 amide bonds. The first-order chi connectivity index (χ1) is 17.7. The number of carbonyl (C=O) groups is 1. The summed E-state index contributed by atoms with van der Waals surface area (Å²) in [6.07, 6.45) is 2.16. The maximum atomic E-state index is 13.5. The van der Waals surface area contributed by atoms with Gasteiger partial charge in [0, 0.05) is 59.2 Å². The molecule has 1 aliphatic rings. The fourth-order valence-corrected chi connectivity index (χ4v) is 5.01. The average Bonchev–Trinajstić information content (AvgIpc) is 3.48. The zero-order valence-corrected chi connectivity index (χ0v) is 20.7. The highest BCUT2D eigenvalue weighted by Gasteiger charge is 2.45. The summed E-state index contributed by atoms with van der Waals surface area (Å²) in [5.74, 6) is -1.000. The molecule has 4 aromatic heterocycles. The number of fused-ring (bicyclic) bond motifs is 2. The van der Waals surface area contributed by atoms with Crippen LogP contribution in [0.15, 0.2) is 52.2 Å². The van der Waals surface area contributed by atoms with Crippen LogP contribution in [-0.2, 0) is 25.4 Å². The molecule has 0 bridgehead atoms. The van der Waals surface area contributed by atoms with Crippen LogP contribution in [0.2, 0.25) is 5.02 Å². The van der Waals surface area contributed by atoms with Gasteiger partial charge in [0.05, 0.1) is 12.5 Å². The van der Waals surface area contributed by atoms with Crippen molar-refractivity contribution >= 4 is 51.3 Å². The van der Waals surface area contributed by atoms with Gasteiger partial charge in [0.15, 0.2) is 11.2 Å². The highest BCUT2D eigenvalue weighted by molar-refractivity contribution is 6.35. The van der Waals surface area contributed by atoms with Crippen molar-refractivity contribution in [2.45, 2.75) is 18.9 Å². The number of carboxylic acid groups (broad SMARTS) is 1. The normalized spacial score (nSPS) is 16.9. The molecule has 2 atom stereocenters. The molecule has 6 rings (SSSR count). The van der Waals surface area contributed by atoms with E-state index in [9.17, 15) is 19.5 Å². The number of anilines is 2. The number of hydrogen-bond donors (Lipinski definition) is 3. The van der Waals surface area contributed by atoms with Gasteiger partial charge in [-0.05, 0) is 36.8 Å². The van der Waals surface area contributed by atoms with Gasteiger partial charge in [-0.3, -0.25) is 23.7 Å². The van der Waals surface area contributed by atoms with E-state index in [0.717, 1.165) is 15.5 Å². The molecule has 0 spiro atoms. The molecule has 37 heavy (non-hydrogen) atoms. The van der Waals surface area contributed by atoms with Gasteiger partial charge in [-0.1, -0.05) is 17.7 Å². The first-order valence-electron chi connectivity index (χ1n) is 11.6. The summed E-state index contributed by atoms with van der Waals surface area (Å²) in [6, 6.07) is 10.8. The number of rotatable bonds is 6. The number of halogens is 1. The Morgan fingerprint density at radius 3 is 2.76 bits per heavy atom. The Morgan fingerprint density at radius 1 is 1.22 bits per heavy atom. The number of aromatic amines is 1. The SMILES string of the molecule is Cn1c(Nc2ccnc(C3CC3C(=O)O)c2)nc2c1c(=O)n(Cc1cc3c(Cl)cccc3[nH]1)c(=O)n2C. The van der Waals surface area contributed by atoms with Gasteiger partial charge in [0.25, 0.3) is 5.56 Å². The summed E-state index contributed by atoms with van der Waals surface area (Å²) >= 11 is 6.28. The van der Waals surface area contributed by atoms with E-state index in [4.69, 9.17) is 11.6 Å². The Labute approximate surface area is 214 Å². The molecular weight excluding hydrogens is 498 g/mol. The molecule has 1 aromatic carbocycles. The summed E-state index contributed by atoms with van der Waals surface area (Å²) in [7, 11) is 3.27. The topological polar surface area (TPSA) is 140 Å². The van der Waals surface area contributed by atoms with Gasteiger partial charge in [-0.25, -0.2) is 4.79 Å². The van der Waals surface area contributed by atoms with Crippen molar-refractivity contribution in [1.29, 1.82) is 0 Å². The minimum Gasteiger partial charge on any atom is -0.481 e. The van der Waals surface area contributed by atoms with E-state index >= 15 is 0 Å².